The van der Waals surface area contributed by atoms with Crippen LogP contribution in [0, 0.1) is 5.92 Å². The molecule has 7 heteroatoms. The van der Waals surface area contributed by atoms with Crippen LogP contribution in [0.1, 0.15) is 33.1 Å². The normalized spacial score (nSPS) is 19.6. The van der Waals surface area contributed by atoms with Gasteiger partial charge in [0.15, 0.2) is 0 Å². The summed E-state index contributed by atoms with van der Waals surface area (Å²) in [6.07, 6.45) is 1.38. The molecule has 0 aliphatic carbocycles. The van der Waals surface area contributed by atoms with Gasteiger partial charge in [0, 0.05) is 32.6 Å². The fraction of sp³-hybridized carbons (Fsp3) is 0.909. The van der Waals surface area contributed by atoms with Gasteiger partial charge in [0.25, 0.3) is 10.2 Å². The Hall–Kier alpha value is -0.660. The minimum atomic E-state index is -3.39. The van der Waals surface area contributed by atoms with Gasteiger partial charge in [-0.25, -0.2) is 0 Å². The van der Waals surface area contributed by atoms with Crippen molar-refractivity contribution in [2.24, 2.45) is 5.92 Å². The Kier molecular flexibility index (Phi) is 5.12. The van der Waals surface area contributed by atoms with Crippen LogP contribution in [0.3, 0.4) is 0 Å². The zero-order valence-electron chi connectivity index (χ0n) is 11.2. The second-order valence-corrected chi connectivity index (χ2v) is 7.05. The van der Waals surface area contributed by atoms with Crippen LogP contribution in [0.2, 0.25) is 0 Å². The number of hydrogen-bond acceptors (Lipinski definition) is 3. The SMILES string of the molecule is CC(C)N(C)S(=O)(=O)N1CCC(CC(=O)O)CC1. The lowest BCUT2D eigenvalue weighted by Crippen LogP contribution is -2.47. The Morgan fingerprint density at radius 1 is 1.39 bits per heavy atom. The van der Waals surface area contributed by atoms with Gasteiger partial charge in [0.2, 0.25) is 0 Å². The molecule has 0 aromatic carbocycles. The average molecular weight is 278 g/mol. The maximum Gasteiger partial charge on any atom is 0.303 e. The highest BCUT2D eigenvalue weighted by Crippen LogP contribution is 2.23. The molecule has 1 aliphatic rings. The zero-order valence-corrected chi connectivity index (χ0v) is 12.0. The summed E-state index contributed by atoms with van der Waals surface area (Å²) >= 11 is 0. The average Bonchev–Trinajstić information content (AvgIpc) is 2.27. The molecule has 0 bridgehead atoms. The molecule has 0 unspecified atom stereocenters. The third kappa shape index (κ3) is 3.66. The van der Waals surface area contributed by atoms with Crippen molar-refractivity contribution in [3.8, 4) is 0 Å². The number of hydrogen-bond donors (Lipinski definition) is 1. The van der Waals surface area contributed by atoms with Crippen LogP contribution in [0.5, 0.6) is 0 Å². The van der Waals surface area contributed by atoms with E-state index in [2.05, 4.69) is 0 Å². The first-order valence-corrected chi connectivity index (χ1v) is 7.59. The molecule has 1 rings (SSSR count). The molecule has 0 aromatic rings. The van der Waals surface area contributed by atoms with Crippen molar-refractivity contribution in [2.45, 2.75) is 39.2 Å². The van der Waals surface area contributed by atoms with E-state index < -0.39 is 16.2 Å². The summed E-state index contributed by atoms with van der Waals surface area (Å²) in [6.45, 7) is 4.48. The molecule has 0 atom stereocenters. The molecule has 18 heavy (non-hydrogen) atoms. The van der Waals surface area contributed by atoms with Crippen LogP contribution < -0.4 is 0 Å². The standard InChI is InChI=1S/C11H22N2O4S/c1-9(2)12(3)18(16,17)13-6-4-10(5-7-13)8-11(14)15/h9-10H,4-8H2,1-3H3,(H,14,15). The Morgan fingerprint density at radius 3 is 2.28 bits per heavy atom. The lowest BCUT2D eigenvalue weighted by molar-refractivity contribution is -0.138. The van der Waals surface area contributed by atoms with Gasteiger partial charge >= 0.3 is 5.97 Å². The maximum atomic E-state index is 12.2. The van der Waals surface area contributed by atoms with Gasteiger partial charge in [-0.1, -0.05) is 0 Å². The van der Waals surface area contributed by atoms with Gasteiger partial charge in [-0.05, 0) is 32.6 Å². The predicted molar refractivity (Wildman–Crippen MR) is 68.4 cm³/mol. The first-order valence-electron chi connectivity index (χ1n) is 6.20. The van der Waals surface area contributed by atoms with Crippen LogP contribution in [0.4, 0.5) is 0 Å². The Labute approximate surface area is 109 Å². The topological polar surface area (TPSA) is 77.9 Å². The Morgan fingerprint density at radius 2 is 1.89 bits per heavy atom. The number of nitrogens with zero attached hydrogens (tertiary/aromatic N) is 2. The molecule has 0 spiro atoms. The molecule has 1 saturated heterocycles. The van der Waals surface area contributed by atoms with E-state index in [1.54, 1.807) is 7.05 Å². The zero-order chi connectivity index (χ0) is 13.9. The van der Waals surface area contributed by atoms with E-state index in [4.69, 9.17) is 5.11 Å². The van der Waals surface area contributed by atoms with Gasteiger partial charge in [-0.15, -0.1) is 0 Å². The second kappa shape index (κ2) is 5.99. The van der Waals surface area contributed by atoms with Gasteiger partial charge in [-0.2, -0.15) is 17.0 Å². The highest BCUT2D eigenvalue weighted by molar-refractivity contribution is 7.86. The van der Waals surface area contributed by atoms with Crippen molar-refractivity contribution in [3.63, 3.8) is 0 Å². The van der Waals surface area contributed by atoms with Crippen LogP contribution in [0.15, 0.2) is 0 Å². The molecule has 1 aliphatic heterocycles. The summed E-state index contributed by atoms with van der Waals surface area (Å²) < 4.78 is 27.2. The quantitative estimate of drug-likeness (QED) is 0.805. The maximum absolute atomic E-state index is 12.2. The fourth-order valence-corrected chi connectivity index (χ4v) is 3.61. The van der Waals surface area contributed by atoms with Crippen LogP contribution in [0.25, 0.3) is 0 Å². The first kappa shape index (κ1) is 15.4. The van der Waals surface area contributed by atoms with Gasteiger partial charge in [0.05, 0.1) is 0 Å². The number of carbonyl (C=O) groups is 1. The number of rotatable bonds is 5. The van der Waals surface area contributed by atoms with Crippen molar-refractivity contribution in [2.75, 3.05) is 20.1 Å². The number of carboxylic acid groups (broad SMARTS) is 1. The second-order valence-electron chi connectivity index (χ2n) is 5.06. The molecule has 106 valence electrons. The van der Waals surface area contributed by atoms with Gasteiger partial charge in [0.1, 0.15) is 0 Å². The summed E-state index contributed by atoms with van der Waals surface area (Å²) in [7, 11) is -1.82. The molecular weight excluding hydrogens is 256 g/mol. The molecule has 0 saturated carbocycles. The van der Waals surface area contributed by atoms with Gasteiger partial charge in [-0.3, -0.25) is 4.79 Å². The highest BCUT2D eigenvalue weighted by Gasteiger charge is 2.32. The van der Waals surface area contributed by atoms with Crippen molar-refractivity contribution in [1.29, 1.82) is 0 Å². The van der Waals surface area contributed by atoms with E-state index in [0.29, 0.717) is 25.9 Å². The van der Waals surface area contributed by atoms with Crippen molar-refractivity contribution in [3.05, 3.63) is 0 Å². The molecule has 1 fully saturated rings. The Balaban J connectivity index is 2.60. The molecule has 0 aromatic heterocycles. The smallest absolute Gasteiger partial charge is 0.303 e. The van der Waals surface area contributed by atoms with E-state index in [-0.39, 0.29) is 18.4 Å². The minimum absolute atomic E-state index is 0.0771. The van der Waals surface area contributed by atoms with E-state index in [9.17, 15) is 13.2 Å². The largest absolute Gasteiger partial charge is 0.481 e. The third-order valence-electron chi connectivity index (χ3n) is 3.45. The summed E-state index contributed by atoms with van der Waals surface area (Å²) in [5.41, 5.74) is 0. The monoisotopic (exact) mass is 278 g/mol. The van der Waals surface area contributed by atoms with Crippen LogP contribution in [-0.2, 0) is 15.0 Å². The summed E-state index contributed by atoms with van der Waals surface area (Å²) in [6, 6.07) is -0.0771. The molecule has 1 N–H and O–H groups in total. The summed E-state index contributed by atoms with van der Waals surface area (Å²) in [4.78, 5) is 10.6. The minimum Gasteiger partial charge on any atom is -0.481 e. The van der Waals surface area contributed by atoms with E-state index in [1.165, 1.54) is 8.61 Å². The number of carboxylic acids is 1. The fourth-order valence-electron chi connectivity index (χ4n) is 2.04. The van der Waals surface area contributed by atoms with E-state index in [1.807, 2.05) is 13.8 Å². The molecular formula is C11H22N2O4S. The number of aliphatic carboxylic acids is 1. The van der Waals surface area contributed by atoms with E-state index >= 15 is 0 Å². The molecule has 0 amide bonds. The van der Waals surface area contributed by atoms with Crippen molar-refractivity contribution >= 4 is 16.2 Å². The van der Waals surface area contributed by atoms with Crippen LogP contribution >= 0.6 is 0 Å². The van der Waals surface area contributed by atoms with Crippen molar-refractivity contribution < 1.29 is 18.3 Å². The highest BCUT2D eigenvalue weighted by atomic mass is 32.2. The number of piperidine rings is 1. The first-order chi connectivity index (χ1) is 8.25. The predicted octanol–water partition coefficient (Wildman–Crippen LogP) is 0.758. The molecule has 1 heterocycles. The van der Waals surface area contributed by atoms with E-state index in [0.717, 1.165) is 0 Å². The molecule has 6 nitrogen and oxygen atoms in total. The molecule has 0 radical (unpaired) electrons. The summed E-state index contributed by atoms with van der Waals surface area (Å²) in [5, 5.41) is 8.71. The summed E-state index contributed by atoms with van der Waals surface area (Å²) in [5.74, 6) is -0.714. The van der Waals surface area contributed by atoms with Gasteiger partial charge < -0.3 is 5.11 Å². The third-order valence-corrected chi connectivity index (χ3v) is 5.62. The van der Waals surface area contributed by atoms with Crippen LogP contribution in [-0.4, -0.2) is 54.3 Å². The lowest BCUT2D eigenvalue weighted by Gasteiger charge is -2.34. The lowest BCUT2D eigenvalue weighted by atomic mass is 9.95. The Bertz CT molecular complexity index is 386. The van der Waals surface area contributed by atoms with Crippen molar-refractivity contribution in [1.82, 2.24) is 8.61 Å².